The van der Waals surface area contributed by atoms with Gasteiger partial charge in [0.05, 0.1) is 21.5 Å². The maximum atomic E-state index is 12.7. The number of carboxylic acid groups (broad SMARTS) is 1. The van der Waals surface area contributed by atoms with E-state index in [1.807, 2.05) is 0 Å². The van der Waals surface area contributed by atoms with Crippen LogP contribution in [0.1, 0.15) is 35.5 Å². The SMILES string of the molecule is C=C(O)c1c(C)nc2ccc(S(=O)(=O)N(CC)CC)cc2c1C(=O)O. The van der Waals surface area contributed by atoms with Gasteiger partial charge in [0.1, 0.15) is 5.76 Å². The third-order valence-corrected chi connectivity index (χ3v) is 6.03. The molecule has 25 heavy (non-hydrogen) atoms. The molecule has 2 aromatic rings. The van der Waals surface area contributed by atoms with Gasteiger partial charge in [0.25, 0.3) is 0 Å². The molecule has 2 N–H and O–H groups in total. The molecule has 0 aliphatic carbocycles. The molecule has 0 aliphatic rings. The maximum Gasteiger partial charge on any atom is 0.337 e. The number of carbonyl (C=O) groups is 1. The lowest BCUT2D eigenvalue weighted by molar-refractivity contribution is 0.0698. The highest BCUT2D eigenvalue weighted by molar-refractivity contribution is 7.89. The number of rotatable bonds is 6. The minimum absolute atomic E-state index is 0.00242. The highest BCUT2D eigenvalue weighted by atomic mass is 32.2. The first-order valence-corrected chi connectivity index (χ1v) is 9.15. The Morgan fingerprint density at radius 2 is 1.80 bits per heavy atom. The average Bonchev–Trinajstić information content (AvgIpc) is 2.53. The Labute approximate surface area is 146 Å². The third kappa shape index (κ3) is 3.22. The van der Waals surface area contributed by atoms with Crippen molar-refractivity contribution in [2.45, 2.75) is 25.7 Å². The molecule has 0 radical (unpaired) electrons. The summed E-state index contributed by atoms with van der Waals surface area (Å²) in [6, 6.07) is 4.15. The van der Waals surface area contributed by atoms with Gasteiger partial charge in [0.2, 0.25) is 10.0 Å². The van der Waals surface area contributed by atoms with Crippen LogP contribution in [0.15, 0.2) is 29.7 Å². The van der Waals surface area contributed by atoms with Crippen molar-refractivity contribution >= 4 is 32.7 Å². The van der Waals surface area contributed by atoms with E-state index in [9.17, 15) is 23.4 Å². The van der Waals surface area contributed by atoms with E-state index < -0.39 is 21.8 Å². The van der Waals surface area contributed by atoms with Crippen LogP contribution in [-0.4, -0.2) is 47.0 Å². The van der Waals surface area contributed by atoms with Crippen LogP contribution >= 0.6 is 0 Å². The van der Waals surface area contributed by atoms with Crippen LogP contribution in [0.25, 0.3) is 16.7 Å². The van der Waals surface area contributed by atoms with Gasteiger partial charge in [0, 0.05) is 24.2 Å². The number of nitrogens with zero attached hydrogens (tertiary/aromatic N) is 2. The quantitative estimate of drug-likeness (QED) is 0.763. The van der Waals surface area contributed by atoms with E-state index in [-0.39, 0.29) is 21.4 Å². The number of aryl methyl sites for hydroxylation is 1. The molecule has 134 valence electrons. The first-order chi connectivity index (χ1) is 11.6. The summed E-state index contributed by atoms with van der Waals surface area (Å²) < 4.78 is 26.7. The largest absolute Gasteiger partial charge is 0.508 e. The van der Waals surface area contributed by atoms with E-state index in [0.717, 1.165) is 0 Å². The molecule has 2 rings (SSSR count). The number of fused-ring (bicyclic) bond motifs is 1. The number of aromatic nitrogens is 1. The molecule has 7 nitrogen and oxygen atoms in total. The molecular formula is C17H20N2O5S. The molecule has 0 saturated heterocycles. The highest BCUT2D eigenvalue weighted by Crippen LogP contribution is 2.29. The zero-order chi connectivity index (χ0) is 18.9. The fourth-order valence-electron chi connectivity index (χ4n) is 2.81. The summed E-state index contributed by atoms with van der Waals surface area (Å²) in [7, 11) is -3.75. The lowest BCUT2D eigenvalue weighted by Gasteiger charge is -2.19. The molecule has 1 heterocycles. The van der Waals surface area contributed by atoms with Gasteiger partial charge in [-0.1, -0.05) is 20.4 Å². The Balaban J connectivity index is 2.88. The number of sulfonamides is 1. The van der Waals surface area contributed by atoms with Crippen LogP contribution < -0.4 is 0 Å². The minimum atomic E-state index is -3.75. The van der Waals surface area contributed by atoms with Gasteiger partial charge in [-0.05, 0) is 25.1 Å². The smallest absolute Gasteiger partial charge is 0.337 e. The number of aliphatic hydroxyl groups is 1. The molecular weight excluding hydrogens is 344 g/mol. The predicted molar refractivity (Wildman–Crippen MR) is 95.2 cm³/mol. The molecule has 0 fully saturated rings. The predicted octanol–water partition coefficient (Wildman–Crippen LogP) is 2.80. The van der Waals surface area contributed by atoms with Gasteiger partial charge >= 0.3 is 5.97 Å². The summed E-state index contributed by atoms with van der Waals surface area (Å²) in [6.07, 6.45) is 0. The molecule has 1 aromatic carbocycles. The van der Waals surface area contributed by atoms with Crippen LogP contribution in [0.2, 0.25) is 0 Å². The van der Waals surface area contributed by atoms with E-state index in [1.165, 1.54) is 22.5 Å². The van der Waals surface area contributed by atoms with Crippen molar-refractivity contribution in [3.8, 4) is 0 Å². The molecule has 0 aliphatic heterocycles. The zero-order valence-electron chi connectivity index (χ0n) is 14.3. The van der Waals surface area contributed by atoms with Gasteiger partial charge in [0.15, 0.2) is 0 Å². The highest BCUT2D eigenvalue weighted by Gasteiger charge is 2.25. The summed E-state index contributed by atoms with van der Waals surface area (Å²) in [5, 5.41) is 19.5. The second-order valence-corrected chi connectivity index (χ2v) is 7.41. The molecule has 0 spiro atoms. The van der Waals surface area contributed by atoms with Crippen molar-refractivity contribution in [2.75, 3.05) is 13.1 Å². The Morgan fingerprint density at radius 1 is 1.20 bits per heavy atom. The lowest BCUT2D eigenvalue weighted by atomic mass is 9.99. The number of carboxylic acids is 1. The molecule has 0 unspecified atom stereocenters. The summed E-state index contributed by atoms with van der Waals surface area (Å²) in [6.45, 7) is 9.00. The van der Waals surface area contributed by atoms with Gasteiger partial charge in [-0.25, -0.2) is 13.2 Å². The Morgan fingerprint density at radius 3 is 2.28 bits per heavy atom. The van der Waals surface area contributed by atoms with Crippen molar-refractivity contribution in [2.24, 2.45) is 0 Å². The van der Waals surface area contributed by atoms with Gasteiger partial charge in [-0.3, -0.25) is 4.98 Å². The maximum absolute atomic E-state index is 12.7. The van der Waals surface area contributed by atoms with Gasteiger partial charge in [-0.15, -0.1) is 0 Å². The van der Waals surface area contributed by atoms with Crippen molar-refractivity contribution in [1.82, 2.24) is 9.29 Å². The molecule has 0 saturated carbocycles. The summed E-state index contributed by atoms with van der Waals surface area (Å²) in [5.41, 5.74) is 0.416. The first-order valence-electron chi connectivity index (χ1n) is 7.71. The number of aromatic carboxylic acids is 1. The summed E-state index contributed by atoms with van der Waals surface area (Å²) in [4.78, 5) is 16.0. The topological polar surface area (TPSA) is 108 Å². The number of hydrogen-bond donors (Lipinski definition) is 2. The zero-order valence-corrected chi connectivity index (χ0v) is 15.1. The Kier molecular flexibility index (Phi) is 5.15. The number of hydrogen-bond acceptors (Lipinski definition) is 5. The van der Waals surface area contributed by atoms with Crippen LogP contribution in [-0.2, 0) is 10.0 Å². The van der Waals surface area contributed by atoms with Crippen LogP contribution in [0.5, 0.6) is 0 Å². The number of benzene rings is 1. The molecule has 8 heteroatoms. The van der Waals surface area contributed by atoms with Crippen molar-refractivity contribution in [3.63, 3.8) is 0 Å². The second kappa shape index (κ2) is 6.81. The normalized spacial score (nSPS) is 11.8. The number of aliphatic hydroxyl groups excluding tert-OH is 1. The Hall–Kier alpha value is -2.45. The van der Waals surface area contributed by atoms with Crippen LogP contribution in [0.3, 0.4) is 0 Å². The van der Waals surface area contributed by atoms with E-state index in [2.05, 4.69) is 11.6 Å². The number of pyridine rings is 1. The standard InChI is InChI=1S/C17H20N2O5S/c1-5-19(6-2)25(23,24)12-7-8-14-13(9-12)16(17(21)22)15(11(4)20)10(3)18-14/h7-9,20H,4-6H2,1-3H3,(H,21,22). The van der Waals surface area contributed by atoms with E-state index >= 15 is 0 Å². The van der Waals surface area contributed by atoms with Crippen molar-refractivity contribution < 1.29 is 23.4 Å². The first kappa shape index (κ1) is 18.9. The van der Waals surface area contributed by atoms with Crippen LogP contribution in [0, 0.1) is 6.92 Å². The van der Waals surface area contributed by atoms with E-state index in [1.54, 1.807) is 20.8 Å². The van der Waals surface area contributed by atoms with E-state index in [0.29, 0.717) is 24.3 Å². The van der Waals surface area contributed by atoms with Crippen molar-refractivity contribution in [1.29, 1.82) is 0 Å². The van der Waals surface area contributed by atoms with Crippen molar-refractivity contribution in [3.05, 3.63) is 41.6 Å². The molecule has 1 aromatic heterocycles. The second-order valence-electron chi connectivity index (χ2n) is 5.47. The fraction of sp³-hybridized carbons (Fsp3) is 0.294. The van der Waals surface area contributed by atoms with Gasteiger partial charge < -0.3 is 10.2 Å². The Bertz CT molecular complexity index is 963. The minimum Gasteiger partial charge on any atom is -0.508 e. The van der Waals surface area contributed by atoms with Crippen LogP contribution in [0.4, 0.5) is 0 Å². The molecule has 0 atom stereocenters. The average molecular weight is 364 g/mol. The molecule has 0 bridgehead atoms. The monoisotopic (exact) mass is 364 g/mol. The molecule has 0 amide bonds. The van der Waals surface area contributed by atoms with E-state index in [4.69, 9.17) is 0 Å². The lowest BCUT2D eigenvalue weighted by Crippen LogP contribution is -2.30. The summed E-state index contributed by atoms with van der Waals surface area (Å²) in [5.74, 6) is -1.72. The fourth-order valence-corrected chi connectivity index (χ4v) is 4.30. The van der Waals surface area contributed by atoms with Gasteiger partial charge in [-0.2, -0.15) is 4.31 Å². The summed E-state index contributed by atoms with van der Waals surface area (Å²) >= 11 is 0. The third-order valence-electron chi connectivity index (χ3n) is 3.98.